The number of alkyl halides is 1. The molecule has 1 atom stereocenters. The first-order valence-electron chi connectivity index (χ1n) is 5.71. The third-order valence-corrected chi connectivity index (χ3v) is 4.27. The average Bonchev–Trinajstić information content (AvgIpc) is 2.35. The van der Waals surface area contributed by atoms with Gasteiger partial charge in [-0.25, -0.2) is 4.39 Å². The Kier molecular flexibility index (Phi) is 4.57. The molecule has 1 unspecified atom stereocenters. The van der Waals surface area contributed by atoms with Crippen LogP contribution >= 0.6 is 31.9 Å². The molecule has 0 aliphatic carbocycles. The van der Waals surface area contributed by atoms with Gasteiger partial charge >= 0.3 is 0 Å². The third-order valence-electron chi connectivity index (χ3n) is 2.96. The molecule has 0 fully saturated rings. The van der Waals surface area contributed by atoms with E-state index in [-0.39, 0.29) is 10.6 Å². The number of benzene rings is 2. The predicted molar refractivity (Wildman–Crippen MR) is 80.7 cm³/mol. The Balaban J connectivity index is 2.25. The zero-order valence-electron chi connectivity index (χ0n) is 9.96. The summed E-state index contributed by atoms with van der Waals surface area (Å²) in [5.74, 6) is -0.173. The lowest BCUT2D eigenvalue weighted by molar-refractivity contribution is 0.607. The molecule has 0 saturated heterocycles. The van der Waals surface area contributed by atoms with Crippen LogP contribution in [0.25, 0.3) is 0 Å². The quantitative estimate of drug-likeness (QED) is 0.618. The number of halogens is 3. The number of rotatable bonds is 3. The van der Waals surface area contributed by atoms with Crippen molar-refractivity contribution in [3.8, 4) is 0 Å². The molecule has 0 heterocycles. The van der Waals surface area contributed by atoms with Gasteiger partial charge in [0.1, 0.15) is 5.82 Å². The minimum atomic E-state index is -0.173. The van der Waals surface area contributed by atoms with Gasteiger partial charge in [-0.05, 0) is 42.7 Å². The summed E-state index contributed by atoms with van der Waals surface area (Å²) < 4.78 is 14.7. The summed E-state index contributed by atoms with van der Waals surface area (Å²) in [6.45, 7) is 2.08. The fraction of sp³-hybridized carbons (Fsp3) is 0.200. The molecule has 0 bridgehead atoms. The van der Waals surface area contributed by atoms with Crippen molar-refractivity contribution in [1.29, 1.82) is 0 Å². The summed E-state index contributed by atoms with van der Waals surface area (Å²) in [5.41, 5.74) is 3.16. The zero-order valence-corrected chi connectivity index (χ0v) is 13.1. The van der Waals surface area contributed by atoms with Crippen molar-refractivity contribution in [3.05, 3.63) is 69.4 Å². The topological polar surface area (TPSA) is 0 Å². The Bertz CT molecular complexity index is 552. The third kappa shape index (κ3) is 3.21. The highest BCUT2D eigenvalue weighted by Crippen LogP contribution is 2.31. The Labute approximate surface area is 123 Å². The van der Waals surface area contributed by atoms with Gasteiger partial charge in [-0.1, -0.05) is 56.1 Å². The molecule has 0 spiro atoms. The molecular weight excluding hydrogens is 359 g/mol. The highest BCUT2D eigenvalue weighted by Gasteiger charge is 2.14. The van der Waals surface area contributed by atoms with E-state index in [0.717, 1.165) is 10.9 Å². The van der Waals surface area contributed by atoms with E-state index in [4.69, 9.17) is 0 Å². The van der Waals surface area contributed by atoms with Crippen molar-refractivity contribution >= 4 is 31.9 Å². The van der Waals surface area contributed by atoms with Gasteiger partial charge in [0.05, 0.1) is 0 Å². The van der Waals surface area contributed by atoms with Crippen LogP contribution < -0.4 is 0 Å². The summed E-state index contributed by atoms with van der Waals surface area (Å²) in [6, 6.07) is 13.2. The molecule has 0 aliphatic heterocycles. The van der Waals surface area contributed by atoms with Crippen LogP contribution in [0.5, 0.6) is 0 Å². The molecule has 0 amide bonds. The van der Waals surface area contributed by atoms with Gasteiger partial charge in [-0.15, -0.1) is 0 Å². The molecule has 2 aromatic carbocycles. The van der Waals surface area contributed by atoms with E-state index in [1.54, 1.807) is 6.07 Å². The van der Waals surface area contributed by atoms with Gasteiger partial charge < -0.3 is 0 Å². The summed E-state index contributed by atoms with van der Waals surface area (Å²) in [6.07, 6.45) is 0.778. The van der Waals surface area contributed by atoms with E-state index < -0.39 is 0 Å². The van der Waals surface area contributed by atoms with E-state index in [1.165, 1.54) is 17.2 Å². The maximum atomic E-state index is 13.8. The monoisotopic (exact) mass is 370 g/mol. The number of aryl methyl sites for hydroxylation is 1. The van der Waals surface area contributed by atoms with E-state index >= 15 is 0 Å². The van der Waals surface area contributed by atoms with Crippen molar-refractivity contribution in [2.75, 3.05) is 0 Å². The summed E-state index contributed by atoms with van der Waals surface area (Å²) in [4.78, 5) is -0.0175. The predicted octanol–water partition coefficient (Wildman–Crippen LogP) is 5.58. The number of hydrogen-bond donors (Lipinski definition) is 0. The first-order chi connectivity index (χ1) is 8.58. The van der Waals surface area contributed by atoms with Gasteiger partial charge in [0, 0.05) is 14.9 Å². The SMILES string of the molecule is Cc1ccccc1CC(Br)c1cc(Br)ccc1F. The van der Waals surface area contributed by atoms with Crippen LogP contribution in [0, 0.1) is 12.7 Å². The molecule has 3 heteroatoms. The smallest absolute Gasteiger partial charge is 0.127 e. The lowest BCUT2D eigenvalue weighted by atomic mass is 10.0. The fourth-order valence-corrected chi connectivity index (χ4v) is 2.98. The highest BCUT2D eigenvalue weighted by atomic mass is 79.9. The summed E-state index contributed by atoms with van der Waals surface area (Å²) in [5, 5.41) is 0. The molecule has 0 nitrogen and oxygen atoms in total. The minimum Gasteiger partial charge on any atom is -0.207 e. The molecule has 18 heavy (non-hydrogen) atoms. The van der Waals surface area contributed by atoms with Crippen LogP contribution in [0.1, 0.15) is 21.5 Å². The normalized spacial score (nSPS) is 12.4. The van der Waals surface area contributed by atoms with Crippen molar-refractivity contribution in [2.45, 2.75) is 18.2 Å². The fourth-order valence-electron chi connectivity index (χ4n) is 1.90. The van der Waals surface area contributed by atoms with E-state index in [9.17, 15) is 4.39 Å². The Morgan fingerprint density at radius 1 is 1.17 bits per heavy atom. The van der Waals surface area contributed by atoms with Gasteiger partial charge in [0.15, 0.2) is 0 Å². The Morgan fingerprint density at radius 3 is 2.61 bits per heavy atom. The molecule has 0 aliphatic rings. The maximum absolute atomic E-state index is 13.8. The van der Waals surface area contributed by atoms with E-state index in [1.807, 2.05) is 18.2 Å². The molecule has 0 saturated carbocycles. The summed E-state index contributed by atoms with van der Waals surface area (Å²) in [7, 11) is 0. The molecular formula is C15H13Br2F. The van der Waals surface area contributed by atoms with Crippen LogP contribution in [-0.4, -0.2) is 0 Å². The van der Waals surface area contributed by atoms with Crippen LogP contribution in [0.2, 0.25) is 0 Å². The van der Waals surface area contributed by atoms with Crippen molar-refractivity contribution in [1.82, 2.24) is 0 Å². The van der Waals surface area contributed by atoms with Gasteiger partial charge in [-0.2, -0.15) is 0 Å². The second-order valence-corrected chi connectivity index (χ2v) is 6.28. The van der Waals surface area contributed by atoms with E-state index in [0.29, 0.717) is 5.56 Å². The zero-order chi connectivity index (χ0) is 13.1. The lowest BCUT2D eigenvalue weighted by Crippen LogP contribution is -2.00. The van der Waals surface area contributed by atoms with Crippen LogP contribution in [0.3, 0.4) is 0 Å². The van der Waals surface area contributed by atoms with Gasteiger partial charge in [-0.3, -0.25) is 0 Å². The molecule has 0 radical (unpaired) electrons. The molecule has 2 aromatic rings. The van der Waals surface area contributed by atoms with Gasteiger partial charge in [0.25, 0.3) is 0 Å². The highest BCUT2D eigenvalue weighted by molar-refractivity contribution is 9.10. The minimum absolute atomic E-state index is 0.0175. The second-order valence-electron chi connectivity index (χ2n) is 4.26. The first kappa shape index (κ1) is 13.8. The molecule has 0 aromatic heterocycles. The summed E-state index contributed by atoms with van der Waals surface area (Å²) >= 11 is 6.96. The van der Waals surface area contributed by atoms with Gasteiger partial charge in [0.2, 0.25) is 0 Å². The standard InChI is InChI=1S/C15H13Br2F/c1-10-4-2-3-5-11(10)8-14(17)13-9-12(16)6-7-15(13)18/h2-7,9,14H,8H2,1H3. The lowest BCUT2D eigenvalue weighted by Gasteiger charge is -2.13. The number of hydrogen-bond acceptors (Lipinski definition) is 0. The van der Waals surface area contributed by atoms with E-state index in [2.05, 4.69) is 50.9 Å². The molecule has 2 rings (SSSR count). The van der Waals surface area contributed by atoms with Crippen LogP contribution in [0.15, 0.2) is 46.9 Å². The van der Waals surface area contributed by atoms with Crippen molar-refractivity contribution in [3.63, 3.8) is 0 Å². The van der Waals surface area contributed by atoms with Crippen molar-refractivity contribution in [2.24, 2.45) is 0 Å². The first-order valence-corrected chi connectivity index (χ1v) is 7.42. The average molecular weight is 372 g/mol. The Hall–Kier alpha value is -0.670. The largest absolute Gasteiger partial charge is 0.207 e. The molecule has 94 valence electrons. The second kappa shape index (κ2) is 5.98. The van der Waals surface area contributed by atoms with Crippen LogP contribution in [-0.2, 0) is 6.42 Å². The maximum Gasteiger partial charge on any atom is 0.127 e. The Morgan fingerprint density at radius 2 is 1.89 bits per heavy atom. The van der Waals surface area contributed by atoms with Crippen molar-refractivity contribution < 1.29 is 4.39 Å². The van der Waals surface area contributed by atoms with Crippen LogP contribution in [0.4, 0.5) is 4.39 Å². The molecule has 0 N–H and O–H groups in total.